The van der Waals surface area contributed by atoms with Crippen LogP contribution >= 0.6 is 23.5 Å². The standard InChI is InChI=1S/C21H20N4O2S2/c1-4-29-21-22-19-18(23-24-21)16-7-5-6-8-17(16)25(13(2)26)20(27-19)14-9-11-15(28-3)12-10-14/h5-12,20H,4H2,1-3H3. The second kappa shape index (κ2) is 8.42. The number of benzene rings is 2. The van der Waals surface area contributed by atoms with E-state index in [1.54, 1.807) is 16.7 Å². The molecule has 0 spiro atoms. The summed E-state index contributed by atoms with van der Waals surface area (Å²) in [7, 11) is 0. The van der Waals surface area contributed by atoms with Crippen molar-refractivity contribution in [3.8, 4) is 17.1 Å². The lowest BCUT2D eigenvalue weighted by Gasteiger charge is -2.30. The van der Waals surface area contributed by atoms with Crippen LogP contribution in [0.5, 0.6) is 5.88 Å². The molecule has 6 nitrogen and oxygen atoms in total. The fraction of sp³-hybridized carbons (Fsp3) is 0.238. The van der Waals surface area contributed by atoms with Gasteiger partial charge in [0.1, 0.15) is 0 Å². The molecule has 3 aromatic rings. The van der Waals surface area contributed by atoms with Gasteiger partial charge in [-0.25, -0.2) is 0 Å². The minimum atomic E-state index is -0.651. The molecule has 1 amide bonds. The largest absolute Gasteiger partial charge is 0.447 e. The van der Waals surface area contributed by atoms with E-state index in [1.165, 1.54) is 18.7 Å². The predicted octanol–water partition coefficient (Wildman–Crippen LogP) is 4.82. The third-order valence-electron chi connectivity index (χ3n) is 4.53. The molecule has 1 atom stereocenters. The van der Waals surface area contributed by atoms with E-state index >= 15 is 0 Å². The van der Waals surface area contributed by atoms with Gasteiger partial charge in [0.05, 0.1) is 5.69 Å². The maximum Gasteiger partial charge on any atom is 0.247 e. The summed E-state index contributed by atoms with van der Waals surface area (Å²) in [6.45, 7) is 3.57. The van der Waals surface area contributed by atoms with Gasteiger partial charge >= 0.3 is 0 Å². The Bertz CT molecular complexity index is 1040. The summed E-state index contributed by atoms with van der Waals surface area (Å²) in [4.78, 5) is 20.1. The summed E-state index contributed by atoms with van der Waals surface area (Å²) in [5.74, 6) is 1.09. The lowest BCUT2D eigenvalue weighted by molar-refractivity contribution is -0.118. The first-order chi connectivity index (χ1) is 14.1. The van der Waals surface area contributed by atoms with E-state index in [4.69, 9.17) is 4.74 Å². The second-order valence-corrected chi connectivity index (χ2v) is 8.44. The van der Waals surface area contributed by atoms with Gasteiger partial charge in [0.2, 0.25) is 23.2 Å². The number of rotatable bonds is 4. The van der Waals surface area contributed by atoms with Gasteiger partial charge in [-0.1, -0.05) is 49.0 Å². The van der Waals surface area contributed by atoms with Crippen molar-refractivity contribution in [2.24, 2.45) is 0 Å². The van der Waals surface area contributed by atoms with Crippen molar-refractivity contribution in [3.63, 3.8) is 0 Å². The molecule has 29 heavy (non-hydrogen) atoms. The van der Waals surface area contributed by atoms with Gasteiger partial charge in [0.25, 0.3) is 0 Å². The Balaban J connectivity index is 1.91. The van der Waals surface area contributed by atoms with Crippen LogP contribution in [-0.4, -0.2) is 33.1 Å². The number of amides is 1. The summed E-state index contributed by atoms with van der Waals surface area (Å²) in [5, 5.41) is 9.17. The van der Waals surface area contributed by atoms with Crippen LogP contribution in [0, 0.1) is 0 Å². The van der Waals surface area contributed by atoms with Crippen LogP contribution in [0.3, 0.4) is 0 Å². The van der Waals surface area contributed by atoms with Crippen LogP contribution in [0.1, 0.15) is 25.6 Å². The molecule has 0 radical (unpaired) electrons. The van der Waals surface area contributed by atoms with Crippen molar-refractivity contribution in [1.29, 1.82) is 0 Å². The predicted molar refractivity (Wildman–Crippen MR) is 116 cm³/mol. The average molecular weight is 425 g/mol. The molecular formula is C21H20N4O2S2. The number of nitrogens with zero attached hydrogens (tertiary/aromatic N) is 4. The van der Waals surface area contributed by atoms with Crippen LogP contribution in [0.4, 0.5) is 5.69 Å². The molecule has 0 aliphatic carbocycles. The third kappa shape index (κ3) is 3.82. The van der Waals surface area contributed by atoms with Crippen LogP contribution in [0.2, 0.25) is 0 Å². The molecule has 0 bridgehead atoms. The molecule has 1 unspecified atom stereocenters. The van der Waals surface area contributed by atoms with Crippen molar-refractivity contribution < 1.29 is 9.53 Å². The van der Waals surface area contributed by atoms with Gasteiger partial charge in [-0.3, -0.25) is 9.69 Å². The summed E-state index contributed by atoms with van der Waals surface area (Å²) in [5.41, 5.74) is 2.90. The molecule has 0 N–H and O–H groups in total. The fourth-order valence-electron chi connectivity index (χ4n) is 3.23. The Hall–Kier alpha value is -2.58. The third-order valence-corrected chi connectivity index (χ3v) is 5.99. The van der Waals surface area contributed by atoms with E-state index in [0.29, 0.717) is 16.7 Å². The number of hydrogen-bond acceptors (Lipinski definition) is 7. The Morgan fingerprint density at radius 2 is 1.90 bits per heavy atom. The zero-order valence-electron chi connectivity index (χ0n) is 16.3. The topological polar surface area (TPSA) is 68.2 Å². The van der Waals surface area contributed by atoms with E-state index in [9.17, 15) is 4.79 Å². The number of aromatic nitrogens is 3. The summed E-state index contributed by atoms with van der Waals surface area (Å²) in [6.07, 6.45) is 1.38. The molecule has 1 aliphatic rings. The van der Waals surface area contributed by atoms with E-state index in [0.717, 1.165) is 27.5 Å². The smallest absolute Gasteiger partial charge is 0.247 e. The van der Waals surface area contributed by atoms with Gasteiger partial charge in [-0.2, -0.15) is 4.98 Å². The molecule has 4 rings (SSSR count). The zero-order valence-corrected chi connectivity index (χ0v) is 18.0. The lowest BCUT2D eigenvalue weighted by Crippen LogP contribution is -2.36. The number of carbonyl (C=O) groups excluding carboxylic acids is 1. The van der Waals surface area contributed by atoms with E-state index in [-0.39, 0.29) is 5.91 Å². The number of anilines is 1. The normalized spacial score (nSPS) is 15.1. The molecule has 2 aromatic carbocycles. The Morgan fingerprint density at radius 1 is 1.14 bits per heavy atom. The van der Waals surface area contributed by atoms with Crippen LogP contribution in [-0.2, 0) is 4.79 Å². The molecule has 148 valence electrons. The van der Waals surface area contributed by atoms with Crippen molar-refractivity contribution in [3.05, 3.63) is 54.1 Å². The second-order valence-electron chi connectivity index (χ2n) is 6.33. The van der Waals surface area contributed by atoms with Crippen molar-refractivity contribution in [2.45, 2.75) is 30.1 Å². The van der Waals surface area contributed by atoms with Gasteiger partial charge in [0.15, 0.2) is 5.69 Å². The first-order valence-electron chi connectivity index (χ1n) is 9.19. The molecule has 0 fully saturated rings. The summed E-state index contributed by atoms with van der Waals surface area (Å²) < 4.78 is 6.33. The number of hydrogen-bond donors (Lipinski definition) is 0. The van der Waals surface area contributed by atoms with Crippen molar-refractivity contribution in [2.75, 3.05) is 16.9 Å². The average Bonchev–Trinajstić information content (AvgIpc) is 2.88. The highest BCUT2D eigenvalue weighted by Crippen LogP contribution is 2.43. The van der Waals surface area contributed by atoms with Crippen LogP contribution < -0.4 is 9.64 Å². The molecule has 1 aliphatic heterocycles. The fourth-order valence-corrected chi connectivity index (χ4v) is 4.14. The monoisotopic (exact) mass is 424 g/mol. The number of fused-ring (bicyclic) bond motifs is 3. The van der Waals surface area contributed by atoms with Crippen molar-refractivity contribution >= 4 is 35.1 Å². The van der Waals surface area contributed by atoms with Gasteiger partial charge < -0.3 is 4.74 Å². The first-order valence-corrected chi connectivity index (χ1v) is 11.4. The summed E-state index contributed by atoms with van der Waals surface area (Å²) >= 11 is 3.16. The number of para-hydroxylation sites is 1. The van der Waals surface area contributed by atoms with Crippen LogP contribution in [0.25, 0.3) is 11.3 Å². The minimum Gasteiger partial charge on any atom is -0.447 e. The number of thioether (sulfide) groups is 2. The highest BCUT2D eigenvalue weighted by molar-refractivity contribution is 7.99. The molecule has 1 aromatic heterocycles. The number of carbonyl (C=O) groups is 1. The highest BCUT2D eigenvalue weighted by atomic mass is 32.2. The Kier molecular flexibility index (Phi) is 5.73. The van der Waals surface area contributed by atoms with Gasteiger partial charge in [0, 0.05) is 22.9 Å². The minimum absolute atomic E-state index is 0.125. The number of ether oxygens (including phenoxy) is 1. The van der Waals surface area contributed by atoms with Crippen LogP contribution in [0.15, 0.2) is 58.6 Å². The Labute approximate surface area is 178 Å². The Morgan fingerprint density at radius 3 is 2.59 bits per heavy atom. The molecular weight excluding hydrogens is 404 g/mol. The summed E-state index contributed by atoms with van der Waals surface area (Å²) in [6, 6.07) is 15.6. The maximum absolute atomic E-state index is 12.7. The zero-order chi connectivity index (χ0) is 20.4. The van der Waals surface area contributed by atoms with Gasteiger partial charge in [-0.05, 0) is 30.2 Å². The van der Waals surface area contributed by atoms with E-state index in [1.807, 2.05) is 61.7 Å². The van der Waals surface area contributed by atoms with E-state index < -0.39 is 6.23 Å². The molecule has 2 heterocycles. The molecule has 0 saturated carbocycles. The molecule has 0 saturated heterocycles. The molecule has 8 heteroatoms. The van der Waals surface area contributed by atoms with Crippen molar-refractivity contribution in [1.82, 2.24) is 15.2 Å². The maximum atomic E-state index is 12.7. The lowest BCUT2D eigenvalue weighted by atomic mass is 10.1. The SMILES string of the molecule is CCSc1nnc2c(n1)OC(c1ccc(SC)cc1)N(C(C)=O)c1ccccc1-2. The van der Waals surface area contributed by atoms with Gasteiger partial charge in [-0.15, -0.1) is 22.0 Å². The first kappa shape index (κ1) is 19.7. The highest BCUT2D eigenvalue weighted by Gasteiger charge is 2.34. The quantitative estimate of drug-likeness (QED) is 0.556. The van der Waals surface area contributed by atoms with E-state index in [2.05, 4.69) is 15.2 Å².